The minimum Gasteiger partial charge on any atom is -0.333 e. The molecule has 4 rings (SSSR count). The average Bonchev–Trinajstić information content (AvgIpc) is 3.14. The van der Waals surface area contributed by atoms with E-state index in [9.17, 15) is 14.0 Å². The molecule has 1 aliphatic heterocycles. The Kier molecular flexibility index (Phi) is 5.39. The van der Waals surface area contributed by atoms with Crippen molar-refractivity contribution in [2.75, 3.05) is 13.1 Å². The molecule has 2 aromatic carbocycles. The predicted molar refractivity (Wildman–Crippen MR) is 109 cm³/mol. The molecule has 1 aromatic heterocycles. The van der Waals surface area contributed by atoms with E-state index in [4.69, 9.17) is 0 Å². The normalized spacial score (nSPS) is 15.0. The highest BCUT2D eigenvalue weighted by atomic mass is 32.1. The minimum atomic E-state index is -0.256. The zero-order valence-corrected chi connectivity index (χ0v) is 16.2. The molecule has 1 saturated heterocycles. The van der Waals surface area contributed by atoms with Gasteiger partial charge >= 0.3 is 6.03 Å². The van der Waals surface area contributed by atoms with Crippen molar-refractivity contribution in [3.8, 4) is 0 Å². The summed E-state index contributed by atoms with van der Waals surface area (Å²) in [5, 5.41) is 3.79. The van der Waals surface area contributed by atoms with Gasteiger partial charge in [-0.15, -0.1) is 11.3 Å². The first-order chi connectivity index (χ1) is 13.6. The fourth-order valence-electron chi connectivity index (χ4n) is 3.61. The second-order valence-corrected chi connectivity index (χ2v) is 8.21. The van der Waals surface area contributed by atoms with Gasteiger partial charge in [-0.25, -0.2) is 9.18 Å². The first-order valence-corrected chi connectivity index (χ1v) is 10.2. The highest BCUT2D eigenvalue weighted by Gasteiger charge is 2.27. The molecule has 144 valence electrons. The Hall–Kier alpha value is -2.73. The van der Waals surface area contributed by atoms with Crippen LogP contribution in [0, 0.1) is 11.7 Å². The number of thiophene rings is 1. The van der Waals surface area contributed by atoms with E-state index in [-0.39, 0.29) is 23.5 Å². The molecule has 0 radical (unpaired) electrons. The molecule has 1 N–H and O–H groups in total. The van der Waals surface area contributed by atoms with Gasteiger partial charge in [-0.2, -0.15) is 0 Å². The molecule has 28 heavy (non-hydrogen) atoms. The van der Waals surface area contributed by atoms with E-state index in [0.717, 1.165) is 20.5 Å². The second-order valence-electron chi connectivity index (χ2n) is 7.05. The predicted octanol–water partition coefficient (Wildman–Crippen LogP) is 4.84. The number of piperidine rings is 1. The summed E-state index contributed by atoms with van der Waals surface area (Å²) in [5.41, 5.74) is 0.742. The molecule has 4 nitrogen and oxygen atoms in total. The zero-order valence-electron chi connectivity index (χ0n) is 15.4. The maximum absolute atomic E-state index is 13.3. The van der Waals surface area contributed by atoms with Gasteiger partial charge in [0.1, 0.15) is 5.82 Å². The van der Waals surface area contributed by atoms with Crippen LogP contribution in [0.2, 0.25) is 0 Å². The fourth-order valence-corrected chi connectivity index (χ4v) is 4.60. The minimum absolute atomic E-state index is 0.0241. The number of carbonyl (C=O) groups excluding carboxylic acids is 2. The average molecular weight is 396 g/mol. The fraction of sp³-hybridized carbons (Fsp3) is 0.273. The van der Waals surface area contributed by atoms with Crippen LogP contribution in [0.3, 0.4) is 0 Å². The highest BCUT2D eigenvalue weighted by molar-refractivity contribution is 7.19. The van der Waals surface area contributed by atoms with Crippen molar-refractivity contribution >= 4 is 33.2 Å². The molecule has 2 heterocycles. The van der Waals surface area contributed by atoms with Crippen LogP contribution in [-0.2, 0) is 6.54 Å². The van der Waals surface area contributed by atoms with Gasteiger partial charge in [-0.3, -0.25) is 4.79 Å². The van der Waals surface area contributed by atoms with Gasteiger partial charge in [-0.1, -0.05) is 30.3 Å². The van der Waals surface area contributed by atoms with E-state index in [1.54, 1.807) is 22.3 Å². The first-order valence-electron chi connectivity index (χ1n) is 9.40. The van der Waals surface area contributed by atoms with Crippen LogP contribution >= 0.6 is 11.3 Å². The Morgan fingerprint density at radius 2 is 1.82 bits per heavy atom. The number of hydrogen-bond acceptors (Lipinski definition) is 3. The summed E-state index contributed by atoms with van der Waals surface area (Å²) < 4.78 is 14.3. The Labute approximate surface area is 167 Å². The van der Waals surface area contributed by atoms with E-state index in [0.29, 0.717) is 32.5 Å². The molecule has 0 aliphatic carbocycles. The van der Waals surface area contributed by atoms with Crippen molar-refractivity contribution in [1.29, 1.82) is 0 Å². The van der Waals surface area contributed by atoms with E-state index < -0.39 is 0 Å². The van der Waals surface area contributed by atoms with Crippen molar-refractivity contribution in [3.63, 3.8) is 0 Å². The number of hydrogen-bond donors (Lipinski definition) is 1. The van der Waals surface area contributed by atoms with Crippen molar-refractivity contribution < 1.29 is 14.0 Å². The molecule has 0 saturated carbocycles. The molecule has 0 spiro atoms. The summed E-state index contributed by atoms with van der Waals surface area (Å²) in [6.45, 7) is 1.57. The molecule has 2 amide bonds. The smallest absolute Gasteiger partial charge is 0.317 e. The topological polar surface area (TPSA) is 49.4 Å². The molecule has 1 aliphatic rings. The number of benzene rings is 2. The zero-order chi connectivity index (χ0) is 19.5. The maximum atomic E-state index is 13.3. The van der Waals surface area contributed by atoms with Gasteiger partial charge in [0.05, 0.1) is 6.54 Å². The van der Waals surface area contributed by atoms with Gasteiger partial charge in [0.25, 0.3) is 0 Å². The Morgan fingerprint density at radius 3 is 2.57 bits per heavy atom. The van der Waals surface area contributed by atoms with E-state index >= 15 is 0 Å². The number of carbonyl (C=O) groups is 2. The number of Topliss-reactive ketones (excluding diaryl/α,β-unsaturated/α-hetero) is 1. The number of fused-ring (bicyclic) bond motifs is 1. The van der Waals surface area contributed by atoms with E-state index in [1.165, 1.54) is 12.1 Å². The summed E-state index contributed by atoms with van der Waals surface area (Å²) >= 11 is 1.55. The van der Waals surface area contributed by atoms with Gasteiger partial charge in [-0.05, 0) is 42.5 Å². The number of ketones is 1. The number of nitrogens with zero attached hydrogens (tertiary/aromatic N) is 1. The van der Waals surface area contributed by atoms with Gasteiger partial charge in [0.15, 0.2) is 5.78 Å². The van der Waals surface area contributed by atoms with Crippen LogP contribution in [0.4, 0.5) is 9.18 Å². The highest BCUT2D eigenvalue weighted by Crippen LogP contribution is 2.26. The Balaban J connectivity index is 1.29. The Bertz CT molecular complexity index is 994. The lowest BCUT2D eigenvalue weighted by Gasteiger charge is -2.31. The molecule has 1 fully saturated rings. The van der Waals surface area contributed by atoms with Gasteiger partial charge < -0.3 is 10.2 Å². The monoisotopic (exact) mass is 396 g/mol. The van der Waals surface area contributed by atoms with Crippen molar-refractivity contribution in [2.24, 2.45) is 5.92 Å². The molecular formula is C22H21FN2O2S. The summed E-state index contributed by atoms with van der Waals surface area (Å²) in [4.78, 5) is 27.8. The first kappa shape index (κ1) is 18.6. The summed E-state index contributed by atoms with van der Waals surface area (Å²) in [6.07, 6.45) is 1.37. The maximum Gasteiger partial charge on any atom is 0.317 e. The van der Waals surface area contributed by atoms with Crippen LogP contribution in [0.15, 0.2) is 54.6 Å². The van der Waals surface area contributed by atoms with Crippen molar-refractivity contribution in [3.05, 3.63) is 70.9 Å². The summed E-state index contributed by atoms with van der Waals surface area (Å²) in [6, 6.07) is 15.8. The van der Waals surface area contributed by atoms with Gasteiger partial charge in [0.2, 0.25) is 0 Å². The molecule has 6 heteroatoms. The van der Waals surface area contributed by atoms with Crippen molar-refractivity contribution in [1.82, 2.24) is 10.2 Å². The summed E-state index contributed by atoms with van der Waals surface area (Å²) in [7, 11) is 0. The van der Waals surface area contributed by atoms with Crippen LogP contribution in [0.1, 0.15) is 28.1 Å². The lowest BCUT2D eigenvalue weighted by molar-refractivity contribution is 0.0854. The third-order valence-electron chi connectivity index (χ3n) is 5.15. The number of urea groups is 1. The molecule has 0 bridgehead atoms. The number of halogens is 1. The number of amides is 2. The largest absolute Gasteiger partial charge is 0.333 e. The lowest BCUT2D eigenvalue weighted by Crippen LogP contribution is -2.45. The SMILES string of the molecule is O=C(c1ccccc1)C1CCN(C(=O)NCc2cc3cc(F)ccc3s2)CC1. The molecule has 0 unspecified atom stereocenters. The number of rotatable bonds is 4. The van der Waals surface area contributed by atoms with Crippen LogP contribution in [0.5, 0.6) is 0 Å². The van der Waals surface area contributed by atoms with E-state index in [2.05, 4.69) is 5.32 Å². The summed E-state index contributed by atoms with van der Waals surface area (Å²) in [5.74, 6) is -0.115. The van der Waals surface area contributed by atoms with Crippen LogP contribution in [-0.4, -0.2) is 29.8 Å². The van der Waals surface area contributed by atoms with Crippen LogP contribution < -0.4 is 5.32 Å². The van der Waals surface area contributed by atoms with Crippen molar-refractivity contribution in [2.45, 2.75) is 19.4 Å². The Morgan fingerprint density at radius 1 is 1.07 bits per heavy atom. The van der Waals surface area contributed by atoms with E-state index in [1.807, 2.05) is 36.4 Å². The third kappa shape index (κ3) is 4.07. The van der Waals surface area contributed by atoms with Gasteiger partial charge in [0, 0.05) is 34.1 Å². The standard InChI is InChI=1S/C22H21FN2O2S/c23-18-6-7-20-17(12-18)13-19(28-20)14-24-22(27)25-10-8-16(9-11-25)21(26)15-4-2-1-3-5-15/h1-7,12-13,16H,8-11,14H2,(H,24,27). The lowest BCUT2D eigenvalue weighted by atomic mass is 9.89. The molecular weight excluding hydrogens is 375 g/mol. The third-order valence-corrected chi connectivity index (χ3v) is 6.27. The number of likely N-dealkylation sites (tertiary alicyclic amines) is 1. The van der Waals surface area contributed by atoms with Crippen LogP contribution in [0.25, 0.3) is 10.1 Å². The number of nitrogens with one attached hydrogen (secondary N) is 1. The second kappa shape index (κ2) is 8.10. The quantitative estimate of drug-likeness (QED) is 0.641. The molecule has 3 aromatic rings. The molecule has 0 atom stereocenters.